The van der Waals surface area contributed by atoms with Crippen molar-refractivity contribution in [1.29, 1.82) is 0 Å². The van der Waals surface area contributed by atoms with Crippen LogP contribution in [-0.2, 0) is 17.0 Å². The van der Waals surface area contributed by atoms with Crippen molar-refractivity contribution in [2.24, 2.45) is 0 Å². The number of amides is 2. The van der Waals surface area contributed by atoms with Gasteiger partial charge in [-0.15, -0.1) is 23.1 Å². The molecule has 0 aliphatic carbocycles. The van der Waals surface area contributed by atoms with Crippen LogP contribution in [-0.4, -0.2) is 21.8 Å². The topological polar surface area (TPSA) is 86.9 Å². The Morgan fingerprint density at radius 3 is 2.76 bits per heavy atom. The molecule has 6 nitrogen and oxygen atoms in total. The fourth-order valence-corrected chi connectivity index (χ4v) is 4.55. The molecule has 0 saturated carbocycles. The first-order chi connectivity index (χ1) is 14.2. The Kier molecular flexibility index (Phi) is 5.92. The van der Waals surface area contributed by atoms with Gasteiger partial charge in [0.25, 0.3) is 5.91 Å². The van der Waals surface area contributed by atoms with Gasteiger partial charge in [-0.25, -0.2) is 4.98 Å². The summed E-state index contributed by atoms with van der Waals surface area (Å²) in [5, 5.41) is 2.98. The van der Waals surface area contributed by atoms with Gasteiger partial charge < -0.3 is 4.98 Å². The van der Waals surface area contributed by atoms with Crippen molar-refractivity contribution < 1.29 is 9.59 Å². The number of rotatable bonds is 6. The van der Waals surface area contributed by atoms with Crippen molar-refractivity contribution in [2.45, 2.75) is 17.1 Å². The Bertz CT molecular complexity index is 1140. The van der Waals surface area contributed by atoms with Crippen LogP contribution in [0.3, 0.4) is 0 Å². The van der Waals surface area contributed by atoms with Gasteiger partial charge in [0.1, 0.15) is 0 Å². The van der Waals surface area contributed by atoms with Crippen molar-refractivity contribution in [1.82, 2.24) is 20.8 Å². The van der Waals surface area contributed by atoms with Crippen molar-refractivity contribution in [3.8, 4) is 0 Å². The lowest BCUT2D eigenvalue weighted by Gasteiger charge is -2.10. The van der Waals surface area contributed by atoms with E-state index in [-0.39, 0.29) is 18.2 Å². The third kappa shape index (κ3) is 4.67. The predicted octanol–water partition coefficient (Wildman–Crippen LogP) is 3.92. The molecule has 29 heavy (non-hydrogen) atoms. The standard InChI is InChI=1S/C21H18N4O2S2/c26-20(9-14-10-22-18-7-3-1-5-16(14)18)24-25-21(27)17-6-2-4-8-19(17)29-12-15-11-28-13-23-15/h1-8,10-11,13,22H,9,12H2,(H,24,26)(H,25,27). The molecule has 4 aromatic rings. The van der Waals surface area contributed by atoms with Gasteiger partial charge in [-0.3, -0.25) is 20.4 Å². The number of H-pyrrole nitrogens is 1. The number of thiazole rings is 1. The second-order valence-corrected chi connectivity index (χ2v) is 8.04. The van der Waals surface area contributed by atoms with Crippen LogP contribution in [0, 0.1) is 0 Å². The fraction of sp³-hybridized carbons (Fsp3) is 0.0952. The van der Waals surface area contributed by atoms with E-state index in [9.17, 15) is 9.59 Å². The zero-order valence-electron chi connectivity index (χ0n) is 15.3. The Labute approximate surface area is 175 Å². The fourth-order valence-electron chi connectivity index (χ4n) is 2.93. The number of carbonyl (C=O) groups excluding carboxylic acids is 2. The predicted molar refractivity (Wildman–Crippen MR) is 116 cm³/mol. The molecule has 3 N–H and O–H groups in total. The number of carbonyl (C=O) groups is 2. The third-order valence-corrected chi connectivity index (χ3v) is 6.07. The van der Waals surface area contributed by atoms with Crippen LogP contribution in [0.1, 0.15) is 21.6 Å². The number of hydrogen-bond acceptors (Lipinski definition) is 5. The van der Waals surface area contributed by atoms with E-state index in [1.165, 1.54) is 11.8 Å². The molecule has 0 bridgehead atoms. The van der Waals surface area contributed by atoms with Gasteiger partial charge in [0.15, 0.2) is 0 Å². The summed E-state index contributed by atoms with van der Waals surface area (Å²) in [5.41, 5.74) is 10.2. The van der Waals surface area contributed by atoms with E-state index < -0.39 is 0 Å². The molecule has 0 unspecified atom stereocenters. The minimum absolute atomic E-state index is 0.171. The number of hydrogen-bond donors (Lipinski definition) is 3. The Balaban J connectivity index is 1.36. The van der Waals surface area contributed by atoms with Gasteiger partial charge >= 0.3 is 0 Å². The van der Waals surface area contributed by atoms with E-state index in [0.29, 0.717) is 11.3 Å². The van der Waals surface area contributed by atoms with Gasteiger partial charge in [0.2, 0.25) is 5.91 Å². The van der Waals surface area contributed by atoms with Crippen LogP contribution >= 0.6 is 23.1 Å². The minimum atomic E-state index is -0.348. The van der Waals surface area contributed by atoms with Crippen molar-refractivity contribution in [3.05, 3.63) is 82.4 Å². The first kappa shape index (κ1) is 19.2. The normalized spacial score (nSPS) is 10.8. The smallest absolute Gasteiger partial charge is 0.270 e. The zero-order chi connectivity index (χ0) is 20.1. The number of thioether (sulfide) groups is 1. The molecule has 0 aliphatic rings. The second kappa shape index (κ2) is 8.93. The summed E-state index contributed by atoms with van der Waals surface area (Å²) in [6.45, 7) is 0. The van der Waals surface area contributed by atoms with E-state index in [2.05, 4.69) is 20.8 Å². The lowest BCUT2D eigenvalue weighted by Crippen LogP contribution is -2.42. The lowest BCUT2D eigenvalue weighted by atomic mass is 10.1. The number of aromatic amines is 1. The molecule has 0 aliphatic heterocycles. The summed E-state index contributed by atoms with van der Waals surface area (Å²) in [7, 11) is 0. The van der Waals surface area contributed by atoms with Gasteiger partial charge in [0, 0.05) is 33.1 Å². The molecule has 2 aromatic carbocycles. The maximum atomic E-state index is 12.6. The van der Waals surface area contributed by atoms with Crippen LogP contribution in [0.15, 0.2) is 70.5 Å². The van der Waals surface area contributed by atoms with Crippen LogP contribution in [0.4, 0.5) is 0 Å². The summed E-state index contributed by atoms with van der Waals surface area (Å²) in [5.74, 6) is 0.0510. The number of para-hydroxylation sites is 1. The molecule has 2 amide bonds. The largest absolute Gasteiger partial charge is 0.361 e. The number of benzene rings is 2. The molecule has 0 atom stereocenters. The van der Waals surface area contributed by atoms with Gasteiger partial charge in [0.05, 0.1) is 23.2 Å². The molecular weight excluding hydrogens is 404 g/mol. The van der Waals surface area contributed by atoms with E-state index in [4.69, 9.17) is 0 Å². The van der Waals surface area contributed by atoms with Crippen LogP contribution in [0.25, 0.3) is 10.9 Å². The molecule has 4 rings (SSSR count). The first-order valence-electron chi connectivity index (χ1n) is 8.94. The molecule has 8 heteroatoms. The second-order valence-electron chi connectivity index (χ2n) is 6.30. The number of nitrogens with one attached hydrogen (secondary N) is 3. The number of aromatic nitrogens is 2. The average Bonchev–Trinajstić information content (AvgIpc) is 3.41. The zero-order valence-corrected chi connectivity index (χ0v) is 17.0. The SMILES string of the molecule is O=C(Cc1c[nH]c2ccccc12)NNC(=O)c1ccccc1SCc1cscn1. The number of nitrogens with zero attached hydrogens (tertiary/aromatic N) is 1. The minimum Gasteiger partial charge on any atom is -0.361 e. The quantitative estimate of drug-likeness (QED) is 0.325. The average molecular weight is 423 g/mol. The highest BCUT2D eigenvalue weighted by atomic mass is 32.2. The van der Waals surface area contributed by atoms with Crippen molar-refractivity contribution in [2.75, 3.05) is 0 Å². The van der Waals surface area contributed by atoms with E-state index in [1.807, 2.05) is 48.0 Å². The number of hydrazine groups is 1. The third-order valence-electron chi connectivity index (χ3n) is 4.33. The molecule has 0 spiro atoms. The van der Waals surface area contributed by atoms with Crippen LogP contribution in [0.5, 0.6) is 0 Å². The maximum Gasteiger partial charge on any atom is 0.270 e. The highest BCUT2D eigenvalue weighted by Crippen LogP contribution is 2.26. The summed E-state index contributed by atoms with van der Waals surface area (Å²) < 4.78 is 0. The van der Waals surface area contributed by atoms with Gasteiger partial charge in [-0.05, 0) is 23.8 Å². The molecular formula is C21H18N4O2S2. The summed E-state index contributed by atoms with van der Waals surface area (Å²) >= 11 is 3.08. The Morgan fingerprint density at radius 2 is 1.90 bits per heavy atom. The van der Waals surface area contributed by atoms with Crippen molar-refractivity contribution in [3.63, 3.8) is 0 Å². The van der Waals surface area contributed by atoms with Gasteiger partial charge in [-0.1, -0.05) is 30.3 Å². The Morgan fingerprint density at radius 1 is 1.07 bits per heavy atom. The van der Waals surface area contributed by atoms with Crippen molar-refractivity contribution >= 4 is 45.8 Å². The molecule has 2 aromatic heterocycles. The number of fused-ring (bicyclic) bond motifs is 1. The van der Waals surface area contributed by atoms with E-state index >= 15 is 0 Å². The monoisotopic (exact) mass is 422 g/mol. The van der Waals surface area contributed by atoms with Gasteiger partial charge in [-0.2, -0.15) is 0 Å². The molecule has 0 radical (unpaired) electrons. The molecule has 0 fully saturated rings. The lowest BCUT2D eigenvalue weighted by molar-refractivity contribution is -0.121. The Hall–Kier alpha value is -3.10. The first-order valence-corrected chi connectivity index (χ1v) is 10.9. The molecule has 0 saturated heterocycles. The molecule has 2 heterocycles. The maximum absolute atomic E-state index is 12.6. The van der Waals surface area contributed by atoms with E-state index in [0.717, 1.165) is 27.1 Å². The summed E-state index contributed by atoms with van der Waals surface area (Å²) in [6, 6.07) is 15.1. The summed E-state index contributed by atoms with van der Waals surface area (Å²) in [4.78, 5) is 33.1. The van der Waals surface area contributed by atoms with E-state index in [1.54, 1.807) is 29.0 Å². The highest BCUT2D eigenvalue weighted by molar-refractivity contribution is 7.98. The van der Waals surface area contributed by atoms with Crippen LogP contribution in [0.2, 0.25) is 0 Å². The van der Waals surface area contributed by atoms with Crippen LogP contribution < -0.4 is 10.9 Å². The highest BCUT2D eigenvalue weighted by Gasteiger charge is 2.14. The molecule has 146 valence electrons. The summed E-state index contributed by atoms with van der Waals surface area (Å²) in [6.07, 6.45) is 1.99.